The van der Waals surface area contributed by atoms with Gasteiger partial charge < -0.3 is 14.8 Å². The number of aromatic nitrogens is 2. The molecular weight excluding hydrogens is 306 g/mol. The predicted molar refractivity (Wildman–Crippen MR) is 94.3 cm³/mol. The third-order valence-corrected chi connectivity index (χ3v) is 3.81. The maximum atomic E-state index is 11.2. The molecule has 6 nitrogen and oxygen atoms in total. The van der Waals surface area contributed by atoms with Crippen molar-refractivity contribution >= 4 is 17.5 Å². The average Bonchev–Trinajstić information content (AvgIpc) is 2.45. The van der Waals surface area contributed by atoms with E-state index in [1.165, 1.54) is 19.3 Å². The number of hydrogen-bond acceptors (Lipinski definition) is 6. The van der Waals surface area contributed by atoms with Crippen molar-refractivity contribution in [3.63, 3.8) is 0 Å². The highest BCUT2D eigenvalue weighted by Gasteiger charge is 2.23. The lowest BCUT2D eigenvalue weighted by molar-refractivity contribution is -0.118. The smallest absolute Gasteiger partial charge is 0.223 e. The van der Waals surface area contributed by atoms with Crippen LogP contribution in [0, 0.1) is 0 Å². The predicted octanol–water partition coefficient (Wildman–Crippen LogP) is 3.42. The molecule has 0 unspecified atom stereocenters. The molecule has 0 aliphatic carbocycles. The first-order valence-corrected chi connectivity index (χ1v) is 8.25. The van der Waals surface area contributed by atoms with E-state index < -0.39 is 0 Å². The molecular formula is C18H29N3O3. The van der Waals surface area contributed by atoms with Gasteiger partial charge in [0.05, 0.1) is 11.2 Å². The summed E-state index contributed by atoms with van der Waals surface area (Å²) in [7, 11) is 0. The molecule has 0 saturated heterocycles. The van der Waals surface area contributed by atoms with E-state index in [-0.39, 0.29) is 22.7 Å². The van der Waals surface area contributed by atoms with Crippen LogP contribution in [-0.4, -0.2) is 39.3 Å². The zero-order valence-electron chi connectivity index (χ0n) is 15.6. The Morgan fingerprint density at radius 1 is 1.08 bits per heavy atom. The molecule has 0 radical (unpaired) electrons. The molecule has 0 spiro atoms. The first kappa shape index (κ1) is 20.2. The van der Waals surface area contributed by atoms with Gasteiger partial charge in [-0.3, -0.25) is 4.79 Å². The molecule has 0 aliphatic rings. The van der Waals surface area contributed by atoms with E-state index in [9.17, 15) is 9.59 Å². The molecule has 0 bridgehead atoms. The van der Waals surface area contributed by atoms with Gasteiger partial charge in [0.2, 0.25) is 5.95 Å². The standard InChI is InChI=1S/C18H29N3O3/c1-13(22)7-8-18(5,6)24-10-9-17(3,4)21-16-19-11-15(12-20-16)14(2)23/h11-12H,7-10H2,1-6H3,(H,19,20,21). The van der Waals surface area contributed by atoms with Crippen molar-refractivity contribution < 1.29 is 14.3 Å². The van der Waals surface area contributed by atoms with Gasteiger partial charge in [-0.25, -0.2) is 9.97 Å². The molecule has 0 aliphatic heterocycles. The average molecular weight is 335 g/mol. The number of ketones is 2. The van der Waals surface area contributed by atoms with Crippen LogP contribution in [0.15, 0.2) is 12.4 Å². The fourth-order valence-electron chi connectivity index (χ4n) is 2.07. The van der Waals surface area contributed by atoms with Crippen LogP contribution >= 0.6 is 0 Å². The summed E-state index contributed by atoms with van der Waals surface area (Å²) < 4.78 is 5.93. The zero-order valence-corrected chi connectivity index (χ0v) is 15.6. The van der Waals surface area contributed by atoms with Crippen molar-refractivity contribution in [1.29, 1.82) is 0 Å². The van der Waals surface area contributed by atoms with Crippen LogP contribution in [0.25, 0.3) is 0 Å². The van der Waals surface area contributed by atoms with Gasteiger partial charge in [0.1, 0.15) is 5.78 Å². The van der Waals surface area contributed by atoms with Crippen LogP contribution in [0.4, 0.5) is 5.95 Å². The summed E-state index contributed by atoms with van der Waals surface area (Å²) in [5.41, 5.74) is -0.0793. The van der Waals surface area contributed by atoms with Gasteiger partial charge >= 0.3 is 0 Å². The van der Waals surface area contributed by atoms with Crippen LogP contribution in [0.3, 0.4) is 0 Å². The van der Waals surface area contributed by atoms with Gasteiger partial charge in [-0.2, -0.15) is 0 Å². The molecule has 1 heterocycles. The fraction of sp³-hybridized carbons (Fsp3) is 0.667. The Balaban J connectivity index is 2.48. The molecule has 24 heavy (non-hydrogen) atoms. The van der Waals surface area contributed by atoms with Crippen molar-refractivity contribution in [1.82, 2.24) is 9.97 Å². The van der Waals surface area contributed by atoms with Gasteiger partial charge in [-0.15, -0.1) is 0 Å². The van der Waals surface area contributed by atoms with Crippen molar-refractivity contribution in [2.24, 2.45) is 0 Å². The number of carbonyl (C=O) groups excluding carboxylic acids is 2. The Morgan fingerprint density at radius 2 is 1.67 bits per heavy atom. The number of anilines is 1. The first-order valence-electron chi connectivity index (χ1n) is 8.25. The quantitative estimate of drug-likeness (QED) is 0.660. The summed E-state index contributed by atoms with van der Waals surface area (Å²) in [4.78, 5) is 30.7. The van der Waals surface area contributed by atoms with Gasteiger partial charge in [-0.05, 0) is 54.4 Å². The van der Waals surface area contributed by atoms with E-state index in [0.717, 1.165) is 6.42 Å². The lowest BCUT2D eigenvalue weighted by Crippen LogP contribution is -2.35. The largest absolute Gasteiger partial charge is 0.375 e. The van der Waals surface area contributed by atoms with Gasteiger partial charge in [-0.1, -0.05) is 0 Å². The van der Waals surface area contributed by atoms with E-state index in [1.807, 2.05) is 27.7 Å². The molecule has 1 N–H and O–H groups in total. The molecule has 0 saturated carbocycles. The summed E-state index contributed by atoms with van der Waals surface area (Å²) in [5, 5.41) is 3.25. The van der Waals surface area contributed by atoms with Crippen LogP contribution < -0.4 is 5.32 Å². The number of rotatable bonds is 10. The molecule has 134 valence electrons. The number of nitrogens with one attached hydrogen (secondary N) is 1. The molecule has 1 aromatic heterocycles. The molecule has 0 aromatic carbocycles. The second kappa shape index (κ2) is 8.33. The van der Waals surface area contributed by atoms with Crippen LogP contribution in [0.1, 0.15) is 71.2 Å². The molecule has 0 atom stereocenters. The number of hydrogen-bond donors (Lipinski definition) is 1. The van der Waals surface area contributed by atoms with Crippen LogP contribution in [0.2, 0.25) is 0 Å². The highest BCUT2D eigenvalue weighted by atomic mass is 16.5. The number of carbonyl (C=O) groups is 2. The Labute approximate surface area is 144 Å². The lowest BCUT2D eigenvalue weighted by atomic mass is 9.99. The molecule has 0 amide bonds. The monoisotopic (exact) mass is 335 g/mol. The first-order chi connectivity index (χ1) is 11.0. The van der Waals surface area contributed by atoms with E-state index in [0.29, 0.717) is 31.0 Å². The van der Waals surface area contributed by atoms with Gasteiger partial charge in [0.15, 0.2) is 5.78 Å². The van der Waals surface area contributed by atoms with E-state index >= 15 is 0 Å². The third-order valence-electron chi connectivity index (χ3n) is 3.81. The van der Waals surface area contributed by atoms with Gasteiger partial charge in [0.25, 0.3) is 0 Å². The van der Waals surface area contributed by atoms with E-state index in [1.54, 1.807) is 6.92 Å². The number of ether oxygens (including phenoxy) is 1. The lowest BCUT2D eigenvalue weighted by Gasteiger charge is -2.30. The normalized spacial score (nSPS) is 12.1. The fourth-order valence-corrected chi connectivity index (χ4v) is 2.07. The Morgan fingerprint density at radius 3 is 2.17 bits per heavy atom. The summed E-state index contributed by atoms with van der Waals surface area (Å²) >= 11 is 0. The van der Waals surface area contributed by atoms with Crippen molar-refractivity contribution in [2.45, 2.75) is 71.9 Å². The van der Waals surface area contributed by atoms with Gasteiger partial charge in [0, 0.05) is 31.0 Å². The van der Waals surface area contributed by atoms with E-state index in [4.69, 9.17) is 4.74 Å². The summed E-state index contributed by atoms with van der Waals surface area (Å²) in [6.07, 6.45) is 5.05. The third kappa shape index (κ3) is 7.64. The highest BCUT2D eigenvalue weighted by Crippen LogP contribution is 2.20. The zero-order chi connectivity index (χ0) is 18.4. The topological polar surface area (TPSA) is 81.2 Å². The van der Waals surface area contributed by atoms with Crippen LogP contribution in [0.5, 0.6) is 0 Å². The van der Waals surface area contributed by atoms with E-state index in [2.05, 4.69) is 15.3 Å². The SMILES string of the molecule is CC(=O)CCC(C)(C)OCCC(C)(C)Nc1ncc(C(C)=O)cn1. The Bertz CT molecular complexity index is 565. The number of Topliss-reactive ketones (excluding diaryl/α,β-unsaturated/α-hetero) is 2. The summed E-state index contributed by atoms with van der Waals surface area (Å²) in [5.74, 6) is 0.614. The summed E-state index contributed by atoms with van der Waals surface area (Å²) in [6.45, 7) is 11.7. The molecule has 6 heteroatoms. The molecule has 1 rings (SSSR count). The Kier molecular flexibility index (Phi) is 7.02. The minimum atomic E-state index is -0.318. The number of nitrogens with zero attached hydrogens (tertiary/aromatic N) is 2. The maximum Gasteiger partial charge on any atom is 0.223 e. The van der Waals surface area contributed by atoms with Crippen LogP contribution in [-0.2, 0) is 9.53 Å². The molecule has 1 aromatic rings. The Hall–Kier alpha value is -1.82. The minimum Gasteiger partial charge on any atom is -0.375 e. The second-order valence-corrected chi connectivity index (χ2v) is 7.42. The van der Waals surface area contributed by atoms with Crippen molar-refractivity contribution in [3.8, 4) is 0 Å². The van der Waals surface area contributed by atoms with Crippen molar-refractivity contribution in [2.75, 3.05) is 11.9 Å². The van der Waals surface area contributed by atoms with Crippen molar-refractivity contribution in [3.05, 3.63) is 18.0 Å². The highest BCUT2D eigenvalue weighted by molar-refractivity contribution is 5.93. The second-order valence-electron chi connectivity index (χ2n) is 7.42. The summed E-state index contributed by atoms with van der Waals surface area (Å²) in [6, 6.07) is 0. The molecule has 0 fully saturated rings. The maximum absolute atomic E-state index is 11.2. The minimum absolute atomic E-state index is 0.0537.